The van der Waals surface area contributed by atoms with E-state index in [0.29, 0.717) is 5.92 Å². The summed E-state index contributed by atoms with van der Waals surface area (Å²) < 4.78 is 0. The summed E-state index contributed by atoms with van der Waals surface area (Å²) in [6.07, 6.45) is 7.64. The molecule has 0 aliphatic heterocycles. The standard InChI is InChI=1S/C19H25N3O/c1-12-5-3-8-16(13(12)2)18(17-10-21-11-22-17)14-6-4-7-15(9-14)19(20)23/h3,5,8,10-11,14-15,18H,4,6-7,9H2,1-2H3,(H2,20,23)(H,21,22). The molecule has 1 amide bonds. The Balaban J connectivity index is 2.00. The van der Waals surface area contributed by atoms with E-state index in [1.54, 1.807) is 6.33 Å². The summed E-state index contributed by atoms with van der Waals surface area (Å²) in [4.78, 5) is 19.2. The number of imidazole rings is 1. The number of carbonyl (C=O) groups excluding carboxylic acids is 1. The molecule has 4 nitrogen and oxygen atoms in total. The maximum Gasteiger partial charge on any atom is 0.220 e. The lowest BCUT2D eigenvalue weighted by molar-refractivity contribution is -0.123. The van der Waals surface area contributed by atoms with Crippen LogP contribution in [0.3, 0.4) is 0 Å². The number of hydrogen-bond donors (Lipinski definition) is 2. The van der Waals surface area contributed by atoms with E-state index in [0.717, 1.165) is 31.4 Å². The molecule has 1 fully saturated rings. The Labute approximate surface area is 137 Å². The maximum absolute atomic E-state index is 11.7. The molecule has 3 N–H and O–H groups in total. The van der Waals surface area contributed by atoms with Crippen molar-refractivity contribution in [3.63, 3.8) is 0 Å². The number of hydrogen-bond acceptors (Lipinski definition) is 2. The van der Waals surface area contributed by atoms with E-state index in [1.807, 2.05) is 6.20 Å². The van der Waals surface area contributed by atoms with Crippen molar-refractivity contribution >= 4 is 5.91 Å². The summed E-state index contributed by atoms with van der Waals surface area (Å²) in [5, 5.41) is 0. The third-order valence-electron chi connectivity index (χ3n) is 5.42. The lowest BCUT2D eigenvalue weighted by Crippen LogP contribution is -2.31. The van der Waals surface area contributed by atoms with Crippen molar-refractivity contribution in [1.29, 1.82) is 0 Å². The number of rotatable bonds is 4. The Kier molecular flexibility index (Phi) is 4.51. The van der Waals surface area contributed by atoms with Gasteiger partial charge in [0.2, 0.25) is 5.91 Å². The van der Waals surface area contributed by atoms with Crippen LogP contribution >= 0.6 is 0 Å². The van der Waals surface area contributed by atoms with Gasteiger partial charge in [-0.05, 0) is 55.7 Å². The molecular formula is C19H25N3O. The number of carbonyl (C=O) groups is 1. The van der Waals surface area contributed by atoms with Crippen LogP contribution in [0, 0.1) is 25.7 Å². The van der Waals surface area contributed by atoms with Gasteiger partial charge in [0.1, 0.15) is 0 Å². The molecule has 1 heterocycles. The smallest absolute Gasteiger partial charge is 0.220 e. The van der Waals surface area contributed by atoms with Crippen LogP contribution in [0.1, 0.15) is 54.0 Å². The molecule has 3 atom stereocenters. The Hall–Kier alpha value is -2.10. The predicted molar refractivity (Wildman–Crippen MR) is 91.0 cm³/mol. The van der Waals surface area contributed by atoms with Crippen molar-refractivity contribution in [1.82, 2.24) is 9.97 Å². The van der Waals surface area contributed by atoms with Gasteiger partial charge >= 0.3 is 0 Å². The van der Waals surface area contributed by atoms with Gasteiger partial charge in [-0.25, -0.2) is 4.98 Å². The molecule has 1 aromatic carbocycles. The minimum absolute atomic E-state index is 0.00397. The fourth-order valence-electron chi connectivity index (χ4n) is 4.01. The molecule has 122 valence electrons. The monoisotopic (exact) mass is 311 g/mol. The van der Waals surface area contributed by atoms with Crippen molar-refractivity contribution in [3.05, 3.63) is 53.1 Å². The van der Waals surface area contributed by atoms with E-state index >= 15 is 0 Å². The fraction of sp³-hybridized carbons (Fsp3) is 0.474. The van der Waals surface area contributed by atoms with Gasteiger partial charge < -0.3 is 10.7 Å². The van der Waals surface area contributed by atoms with Gasteiger partial charge in [-0.15, -0.1) is 0 Å². The highest BCUT2D eigenvalue weighted by atomic mass is 16.1. The summed E-state index contributed by atoms with van der Waals surface area (Å²) in [5.74, 6) is 0.519. The minimum atomic E-state index is -0.154. The highest BCUT2D eigenvalue weighted by molar-refractivity contribution is 5.76. The van der Waals surface area contributed by atoms with E-state index in [2.05, 4.69) is 42.0 Å². The van der Waals surface area contributed by atoms with Gasteiger partial charge in [0, 0.05) is 23.7 Å². The van der Waals surface area contributed by atoms with Gasteiger partial charge in [0.15, 0.2) is 0 Å². The van der Waals surface area contributed by atoms with Crippen LogP contribution in [0.5, 0.6) is 0 Å². The van der Waals surface area contributed by atoms with Crippen molar-refractivity contribution < 1.29 is 4.79 Å². The van der Waals surface area contributed by atoms with E-state index in [4.69, 9.17) is 5.73 Å². The number of nitrogens with two attached hydrogens (primary N) is 1. The van der Waals surface area contributed by atoms with Crippen LogP contribution in [0.2, 0.25) is 0 Å². The molecule has 4 heteroatoms. The van der Waals surface area contributed by atoms with Crippen LogP contribution in [-0.4, -0.2) is 15.9 Å². The fourth-order valence-corrected chi connectivity index (χ4v) is 4.01. The third-order valence-corrected chi connectivity index (χ3v) is 5.42. The zero-order valence-electron chi connectivity index (χ0n) is 13.9. The quantitative estimate of drug-likeness (QED) is 0.907. The highest BCUT2D eigenvalue weighted by Crippen LogP contribution is 2.42. The molecule has 0 radical (unpaired) electrons. The molecule has 0 saturated heterocycles. The number of benzene rings is 1. The van der Waals surface area contributed by atoms with Crippen molar-refractivity contribution in [2.75, 3.05) is 0 Å². The topological polar surface area (TPSA) is 71.8 Å². The van der Waals surface area contributed by atoms with E-state index < -0.39 is 0 Å². The summed E-state index contributed by atoms with van der Waals surface area (Å²) in [6.45, 7) is 4.33. The third kappa shape index (κ3) is 3.16. The average Bonchev–Trinajstić information content (AvgIpc) is 3.06. The first-order valence-corrected chi connectivity index (χ1v) is 8.41. The van der Waals surface area contributed by atoms with Crippen LogP contribution in [-0.2, 0) is 4.79 Å². The average molecular weight is 311 g/mol. The van der Waals surface area contributed by atoms with Crippen molar-refractivity contribution in [2.24, 2.45) is 17.6 Å². The summed E-state index contributed by atoms with van der Waals surface area (Å²) >= 11 is 0. The number of nitrogens with zero attached hydrogens (tertiary/aromatic N) is 1. The lowest BCUT2D eigenvalue weighted by atomic mass is 9.70. The molecule has 23 heavy (non-hydrogen) atoms. The molecule has 1 aliphatic carbocycles. The number of amides is 1. The molecule has 1 aromatic heterocycles. The molecule has 1 aliphatic rings. The van der Waals surface area contributed by atoms with E-state index in [-0.39, 0.29) is 17.7 Å². The number of H-pyrrole nitrogens is 1. The Morgan fingerprint density at radius 1 is 1.35 bits per heavy atom. The van der Waals surface area contributed by atoms with Crippen LogP contribution in [0.4, 0.5) is 0 Å². The lowest BCUT2D eigenvalue weighted by Gasteiger charge is -2.34. The summed E-state index contributed by atoms with van der Waals surface area (Å²) in [5.41, 5.74) is 10.7. The minimum Gasteiger partial charge on any atom is -0.369 e. The van der Waals surface area contributed by atoms with Gasteiger partial charge in [-0.2, -0.15) is 0 Å². The van der Waals surface area contributed by atoms with Gasteiger partial charge in [-0.1, -0.05) is 24.6 Å². The molecule has 2 aromatic rings. The van der Waals surface area contributed by atoms with Crippen molar-refractivity contribution in [2.45, 2.75) is 45.4 Å². The first kappa shape index (κ1) is 15.8. The van der Waals surface area contributed by atoms with Gasteiger partial charge in [-0.3, -0.25) is 4.79 Å². The number of primary amides is 1. The van der Waals surface area contributed by atoms with Crippen LogP contribution in [0.25, 0.3) is 0 Å². The predicted octanol–water partition coefficient (Wildman–Crippen LogP) is 3.45. The first-order valence-electron chi connectivity index (χ1n) is 8.41. The molecule has 0 spiro atoms. The second-order valence-electron chi connectivity index (χ2n) is 6.80. The first-order chi connectivity index (χ1) is 11.1. The second-order valence-corrected chi connectivity index (χ2v) is 6.80. The maximum atomic E-state index is 11.7. The number of aromatic amines is 1. The van der Waals surface area contributed by atoms with Gasteiger partial charge in [0.25, 0.3) is 0 Å². The van der Waals surface area contributed by atoms with Gasteiger partial charge in [0.05, 0.1) is 6.33 Å². The van der Waals surface area contributed by atoms with Crippen molar-refractivity contribution in [3.8, 4) is 0 Å². The number of nitrogens with one attached hydrogen (secondary N) is 1. The van der Waals surface area contributed by atoms with E-state index in [1.165, 1.54) is 16.7 Å². The Bertz CT molecular complexity index is 678. The SMILES string of the molecule is Cc1cccc(C(c2cnc[nH]2)C2CCCC(C(N)=O)C2)c1C. The number of aromatic nitrogens is 2. The molecule has 3 unspecified atom stereocenters. The Morgan fingerprint density at radius 2 is 2.17 bits per heavy atom. The summed E-state index contributed by atoms with van der Waals surface area (Å²) in [6, 6.07) is 6.48. The van der Waals surface area contributed by atoms with Crippen LogP contribution < -0.4 is 5.73 Å². The number of aryl methyl sites for hydroxylation is 1. The largest absolute Gasteiger partial charge is 0.369 e. The van der Waals surface area contributed by atoms with E-state index in [9.17, 15) is 4.79 Å². The second kappa shape index (κ2) is 6.57. The summed E-state index contributed by atoms with van der Waals surface area (Å²) in [7, 11) is 0. The molecular weight excluding hydrogens is 286 g/mol. The Morgan fingerprint density at radius 3 is 2.87 bits per heavy atom. The van der Waals surface area contributed by atoms with Crippen LogP contribution in [0.15, 0.2) is 30.7 Å². The highest BCUT2D eigenvalue weighted by Gasteiger charge is 2.34. The molecule has 3 rings (SSSR count). The molecule has 1 saturated carbocycles. The zero-order chi connectivity index (χ0) is 16.4. The molecule has 0 bridgehead atoms. The zero-order valence-corrected chi connectivity index (χ0v) is 13.9. The normalized spacial score (nSPS) is 22.7.